The Morgan fingerprint density at radius 1 is 1.41 bits per heavy atom. The van der Waals surface area contributed by atoms with Crippen LogP contribution in [-0.2, 0) is 4.79 Å². The van der Waals surface area contributed by atoms with Gasteiger partial charge >= 0.3 is 0 Å². The maximum atomic E-state index is 11.9. The van der Waals surface area contributed by atoms with Crippen molar-refractivity contribution in [2.75, 3.05) is 11.9 Å². The molecule has 1 aromatic carbocycles. The first-order valence-corrected chi connectivity index (χ1v) is 7.12. The molecule has 0 bridgehead atoms. The number of nitrogens with zero attached hydrogens (tertiary/aromatic N) is 1. The number of hydrogen-bond acceptors (Lipinski definition) is 3. The second-order valence-corrected chi connectivity index (χ2v) is 5.24. The smallest absolute Gasteiger partial charge is 0.263 e. The number of halogens is 1. The summed E-state index contributed by atoms with van der Waals surface area (Å²) < 4.78 is 5.49. The van der Waals surface area contributed by atoms with Gasteiger partial charge in [0.25, 0.3) is 5.91 Å². The fraction of sp³-hybridized carbons (Fsp3) is 0.125. The van der Waals surface area contributed by atoms with E-state index in [4.69, 9.17) is 16.3 Å². The molecular formula is C16H14ClN3O2. The molecule has 0 radical (unpaired) electrons. The van der Waals surface area contributed by atoms with E-state index in [0.29, 0.717) is 16.6 Å². The Morgan fingerprint density at radius 2 is 2.27 bits per heavy atom. The maximum absolute atomic E-state index is 11.9. The number of carbonyl (C=O) groups is 1. The molecular weight excluding hydrogens is 302 g/mol. The van der Waals surface area contributed by atoms with E-state index in [9.17, 15) is 4.79 Å². The van der Waals surface area contributed by atoms with Crippen molar-refractivity contribution in [1.82, 2.24) is 9.97 Å². The van der Waals surface area contributed by atoms with Gasteiger partial charge < -0.3 is 15.0 Å². The number of anilines is 1. The van der Waals surface area contributed by atoms with Crippen molar-refractivity contribution < 1.29 is 9.53 Å². The molecule has 0 aliphatic rings. The molecule has 22 heavy (non-hydrogen) atoms. The molecule has 2 heterocycles. The lowest BCUT2D eigenvalue weighted by Crippen LogP contribution is -2.21. The number of rotatable bonds is 4. The zero-order chi connectivity index (χ0) is 15.5. The van der Waals surface area contributed by atoms with Crippen molar-refractivity contribution in [2.24, 2.45) is 0 Å². The number of fused-ring (bicyclic) bond motifs is 1. The molecule has 0 aliphatic carbocycles. The van der Waals surface area contributed by atoms with Crippen LogP contribution in [0.4, 0.5) is 5.82 Å². The van der Waals surface area contributed by atoms with Crippen molar-refractivity contribution in [2.45, 2.75) is 6.92 Å². The molecule has 6 heteroatoms. The van der Waals surface area contributed by atoms with Crippen molar-refractivity contribution in [1.29, 1.82) is 0 Å². The summed E-state index contributed by atoms with van der Waals surface area (Å²) in [6, 6.07) is 9.05. The van der Waals surface area contributed by atoms with Crippen molar-refractivity contribution in [3.8, 4) is 5.75 Å². The van der Waals surface area contributed by atoms with E-state index in [1.54, 1.807) is 30.5 Å². The van der Waals surface area contributed by atoms with Crippen LogP contribution in [0.1, 0.15) is 5.56 Å². The van der Waals surface area contributed by atoms with Crippen LogP contribution < -0.4 is 10.1 Å². The fourth-order valence-electron chi connectivity index (χ4n) is 2.09. The number of amides is 1. The number of pyridine rings is 1. The Kier molecular flexibility index (Phi) is 3.98. The number of aromatic nitrogens is 2. The van der Waals surface area contributed by atoms with Gasteiger partial charge in [-0.1, -0.05) is 17.7 Å². The van der Waals surface area contributed by atoms with E-state index < -0.39 is 0 Å². The Morgan fingerprint density at radius 3 is 3.14 bits per heavy atom. The van der Waals surface area contributed by atoms with Crippen LogP contribution in [0, 0.1) is 6.92 Å². The van der Waals surface area contributed by atoms with Gasteiger partial charge in [0.2, 0.25) is 0 Å². The first kappa shape index (κ1) is 14.4. The first-order valence-electron chi connectivity index (χ1n) is 6.74. The number of benzene rings is 1. The monoisotopic (exact) mass is 315 g/mol. The summed E-state index contributed by atoms with van der Waals surface area (Å²) in [7, 11) is 0. The Bertz CT molecular complexity index is 829. The molecule has 3 aromatic rings. The molecule has 0 saturated carbocycles. The zero-order valence-electron chi connectivity index (χ0n) is 11.9. The Labute approximate surface area is 132 Å². The van der Waals surface area contributed by atoms with E-state index in [1.165, 1.54) is 0 Å². The van der Waals surface area contributed by atoms with Gasteiger partial charge in [0.1, 0.15) is 11.6 Å². The van der Waals surface area contributed by atoms with Crippen LogP contribution in [0.3, 0.4) is 0 Å². The van der Waals surface area contributed by atoms with E-state index in [1.807, 2.05) is 19.2 Å². The molecule has 3 rings (SSSR count). The normalized spacial score (nSPS) is 10.6. The second kappa shape index (κ2) is 6.07. The molecule has 0 saturated heterocycles. The van der Waals surface area contributed by atoms with Gasteiger partial charge in [-0.25, -0.2) is 4.98 Å². The summed E-state index contributed by atoms with van der Waals surface area (Å²) in [5.41, 5.74) is 1.73. The standard InChI is InChI=1S/C16H14ClN3O2/c1-10-12(17)3-2-4-14(10)22-9-16(21)20-15-7-11-5-6-18-13(11)8-19-15/h2-8,18H,9H2,1H3,(H,19,20,21). The third kappa shape index (κ3) is 3.04. The minimum absolute atomic E-state index is 0.103. The minimum atomic E-state index is -0.276. The van der Waals surface area contributed by atoms with E-state index in [2.05, 4.69) is 15.3 Å². The van der Waals surface area contributed by atoms with Crippen LogP contribution in [0.15, 0.2) is 42.7 Å². The molecule has 5 nitrogen and oxygen atoms in total. The van der Waals surface area contributed by atoms with Crippen LogP contribution in [0.2, 0.25) is 5.02 Å². The van der Waals surface area contributed by atoms with Gasteiger partial charge in [0.05, 0.1) is 11.7 Å². The number of hydrogen-bond donors (Lipinski definition) is 2. The molecule has 2 aromatic heterocycles. The highest BCUT2D eigenvalue weighted by molar-refractivity contribution is 6.31. The fourth-order valence-corrected chi connectivity index (χ4v) is 2.25. The highest BCUT2D eigenvalue weighted by Crippen LogP contribution is 2.25. The van der Waals surface area contributed by atoms with E-state index >= 15 is 0 Å². The van der Waals surface area contributed by atoms with Crippen molar-refractivity contribution in [3.05, 3.63) is 53.3 Å². The van der Waals surface area contributed by atoms with Gasteiger partial charge in [-0.05, 0) is 31.2 Å². The predicted molar refractivity (Wildman–Crippen MR) is 86.4 cm³/mol. The maximum Gasteiger partial charge on any atom is 0.263 e. The van der Waals surface area contributed by atoms with Crippen molar-refractivity contribution in [3.63, 3.8) is 0 Å². The quantitative estimate of drug-likeness (QED) is 0.774. The second-order valence-electron chi connectivity index (χ2n) is 4.83. The van der Waals surface area contributed by atoms with Crippen LogP contribution in [0.5, 0.6) is 5.75 Å². The predicted octanol–water partition coefficient (Wildman–Crippen LogP) is 3.54. The number of carbonyl (C=O) groups excluding carboxylic acids is 1. The van der Waals surface area contributed by atoms with Gasteiger partial charge in [-0.15, -0.1) is 0 Å². The lowest BCUT2D eigenvalue weighted by Gasteiger charge is -2.10. The Balaban J connectivity index is 1.63. The van der Waals surface area contributed by atoms with Gasteiger partial charge in [0, 0.05) is 22.2 Å². The summed E-state index contributed by atoms with van der Waals surface area (Å²) in [6.45, 7) is 1.74. The molecule has 0 aliphatic heterocycles. The minimum Gasteiger partial charge on any atom is -0.483 e. The van der Waals surface area contributed by atoms with Crippen LogP contribution in [-0.4, -0.2) is 22.5 Å². The lowest BCUT2D eigenvalue weighted by atomic mass is 10.2. The molecule has 0 atom stereocenters. The van der Waals surface area contributed by atoms with Gasteiger partial charge in [0.15, 0.2) is 6.61 Å². The summed E-state index contributed by atoms with van der Waals surface area (Å²) in [6.07, 6.45) is 3.50. The van der Waals surface area contributed by atoms with Crippen molar-refractivity contribution >= 4 is 34.2 Å². The highest BCUT2D eigenvalue weighted by atomic mass is 35.5. The molecule has 0 fully saturated rings. The summed E-state index contributed by atoms with van der Waals surface area (Å²) >= 11 is 6.01. The zero-order valence-corrected chi connectivity index (χ0v) is 12.6. The molecule has 2 N–H and O–H groups in total. The first-order chi connectivity index (χ1) is 10.6. The summed E-state index contributed by atoms with van der Waals surface area (Å²) in [5.74, 6) is 0.807. The number of aromatic amines is 1. The lowest BCUT2D eigenvalue weighted by molar-refractivity contribution is -0.118. The number of nitrogens with one attached hydrogen (secondary N) is 2. The van der Waals surface area contributed by atoms with Crippen LogP contribution in [0.25, 0.3) is 10.9 Å². The highest BCUT2D eigenvalue weighted by Gasteiger charge is 2.08. The third-order valence-electron chi connectivity index (χ3n) is 3.28. The van der Waals surface area contributed by atoms with E-state index in [-0.39, 0.29) is 12.5 Å². The van der Waals surface area contributed by atoms with Crippen LogP contribution >= 0.6 is 11.6 Å². The molecule has 112 valence electrons. The molecule has 0 unspecified atom stereocenters. The summed E-state index contributed by atoms with van der Waals surface area (Å²) in [4.78, 5) is 19.2. The van der Waals surface area contributed by atoms with Gasteiger partial charge in [-0.2, -0.15) is 0 Å². The molecule has 1 amide bonds. The Hall–Kier alpha value is -2.53. The average molecular weight is 316 g/mol. The van der Waals surface area contributed by atoms with Gasteiger partial charge in [-0.3, -0.25) is 4.79 Å². The SMILES string of the molecule is Cc1c(Cl)cccc1OCC(=O)Nc1cc2cc[nH]c2cn1. The number of ether oxygens (including phenoxy) is 1. The van der Waals surface area contributed by atoms with E-state index in [0.717, 1.165) is 16.5 Å². The topological polar surface area (TPSA) is 67.0 Å². The third-order valence-corrected chi connectivity index (χ3v) is 3.69. The molecule has 0 spiro atoms. The summed E-state index contributed by atoms with van der Waals surface area (Å²) in [5, 5.41) is 4.30. The average Bonchev–Trinajstić information content (AvgIpc) is 2.96. The largest absolute Gasteiger partial charge is 0.483 e. The number of H-pyrrole nitrogens is 1.